The number of sulfone groups is 1. The van der Waals surface area contributed by atoms with Crippen molar-refractivity contribution in [2.24, 2.45) is 7.05 Å². The van der Waals surface area contributed by atoms with Gasteiger partial charge in [-0.05, 0) is 61.7 Å². The highest BCUT2D eigenvalue weighted by Crippen LogP contribution is 2.28. The van der Waals surface area contributed by atoms with Crippen molar-refractivity contribution >= 4 is 26.9 Å². The Hall–Kier alpha value is -4.11. The molecule has 0 bridgehead atoms. The molecule has 0 aliphatic carbocycles. The Bertz CT molecular complexity index is 1840. The molecule has 14 heteroatoms. The quantitative estimate of drug-likeness (QED) is 0.220. The standard InChI is InChI=1S/C29H34N6O7S/c1-18-6-7-21(27(36)32-40-5)16-24(18)43(38,39)28-30-17-23-26(31-28)33(4)29(37)35(23)25-19(2)14-22(15-20(25)3)42-13-10-34-8-11-41-12-9-34/h6-7,14-17H,8-13H2,1-5H3,(H,32,36). The predicted octanol–water partition coefficient (Wildman–Crippen LogP) is 1.88. The van der Waals surface area contributed by atoms with E-state index in [9.17, 15) is 18.0 Å². The molecule has 0 spiro atoms. The molecule has 0 unspecified atom stereocenters. The van der Waals surface area contributed by atoms with Gasteiger partial charge in [-0.15, -0.1) is 0 Å². The maximum Gasteiger partial charge on any atom is 0.334 e. The molecule has 1 saturated heterocycles. The van der Waals surface area contributed by atoms with Crippen molar-refractivity contribution in [2.75, 3.05) is 46.6 Å². The molecule has 0 atom stereocenters. The van der Waals surface area contributed by atoms with E-state index >= 15 is 0 Å². The number of amides is 1. The van der Waals surface area contributed by atoms with Crippen molar-refractivity contribution < 1.29 is 27.5 Å². The zero-order valence-electron chi connectivity index (χ0n) is 24.7. The van der Waals surface area contributed by atoms with Crippen LogP contribution in [0.4, 0.5) is 0 Å². The minimum atomic E-state index is -4.25. The number of hydrogen-bond acceptors (Lipinski definition) is 10. The van der Waals surface area contributed by atoms with E-state index < -0.39 is 26.6 Å². The number of nitrogens with one attached hydrogen (secondary N) is 1. The molecule has 0 radical (unpaired) electrons. The third-order valence-electron chi connectivity index (χ3n) is 7.41. The molecule has 2 aromatic heterocycles. The van der Waals surface area contributed by atoms with Gasteiger partial charge in [0.2, 0.25) is 9.84 Å². The highest BCUT2D eigenvalue weighted by molar-refractivity contribution is 7.91. The Morgan fingerprint density at radius 2 is 1.77 bits per heavy atom. The highest BCUT2D eigenvalue weighted by atomic mass is 32.2. The van der Waals surface area contributed by atoms with Gasteiger partial charge in [-0.2, -0.15) is 4.98 Å². The minimum Gasteiger partial charge on any atom is -0.492 e. The highest BCUT2D eigenvalue weighted by Gasteiger charge is 2.27. The summed E-state index contributed by atoms with van der Waals surface area (Å²) < 4.78 is 41.5. The zero-order chi connectivity index (χ0) is 30.9. The lowest BCUT2D eigenvalue weighted by molar-refractivity contribution is 0.0322. The van der Waals surface area contributed by atoms with Gasteiger partial charge >= 0.3 is 5.69 Å². The number of aryl methyl sites for hydroxylation is 4. The molecular formula is C29H34N6O7S. The van der Waals surface area contributed by atoms with Gasteiger partial charge in [0.05, 0.1) is 37.1 Å². The molecule has 1 amide bonds. The fourth-order valence-electron chi connectivity index (χ4n) is 5.19. The molecule has 1 fully saturated rings. The van der Waals surface area contributed by atoms with Gasteiger partial charge in [0.15, 0.2) is 5.65 Å². The van der Waals surface area contributed by atoms with Gasteiger partial charge in [-0.25, -0.2) is 23.7 Å². The van der Waals surface area contributed by atoms with Gasteiger partial charge in [0, 0.05) is 32.2 Å². The van der Waals surface area contributed by atoms with E-state index in [0.29, 0.717) is 29.1 Å². The first-order valence-corrected chi connectivity index (χ1v) is 15.2. The van der Waals surface area contributed by atoms with Gasteiger partial charge < -0.3 is 9.47 Å². The summed E-state index contributed by atoms with van der Waals surface area (Å²) in [7, 11) is -1.44. The molecule has 13 nitrogen and oxygen atoms in total. The number of ether oxygens (including phenoxy) is 2. The Morgan fingerprint density at radius 1 is 1.07 bits per heavy atom. The minimum absolute atomic E-state index is 0.0881. The Labute approximate surface area is 248 Å². The van der Waals surface area contributed by atoms with E-state index in [1.807, 2.05) is 26.0 Å². The van der Waals surface area contributed by atoms with Gasteiger partial charge in [0.25, 0.3) is 11.1 Å². The molecule has 228 valence electrons. The summed E-state index contributed by atoms with van der Waals surface area (Å²) in [6.45, 7) is 9.91. The van der Waals surface area contributed by atoms with Crippen molar-refractivity contribution in [2.45, 2.75) is 30.8 Å². The molecule has 5 rings (SSSR count). The van der Waals surface area contributed by atoms with Crippen LogP contribution in [0.5, 0.6) is 5.75 Å². The van der Waals surface area contributed by atoms with Crippen LogP contribution >= 0.6 is 0 Å². The molecule has 4 aromatic rings. The monoisotopic (exact) mass is 610 g/mol. The number of carbonyl (C=O) groups is 1. The number of aromatic nitrogens is 4. The largest absolute Gasteiger partial charge is 0.492 e. The number of nitrogens with zero attached hydrogens (tertiary/aromatic N) is 5. The molecule has 1 aliphatic heterocycles. The maximum absolute atomic E-state index is 13.6. The average molecular weight is 611 g/mol. The zero-order valence-corrected chi connectivity index (χ0v) is 25.5. The van der Waals surface area contributed by atoms with E-state index in [-0.39, 0.29) is 16.1 Å². The van der Waals surface area contributed by atoms with E-state index in [1.165, 1.54) is 47.7 Å². The Kier molecular flexibility index (Phi) is 8.64. The summed E-state index contributed by atoms with van der Waals surface area (Å²) in [5.41, 5.74) is 5.00. The first-order chi connectivity index (χ1) is 20.5. The van der Waals surface area contributed by atoms with Crippen LogP contribution in [0.1, 0.15) is 27.0 Å². The number of morpholine rings is 1. The molecule has 1 aliphatic rings. The summed E-state index contributed by atoms with van der Waals surface area (Å²) in [6, 6.07) is 8.00. The predicted molar refractivity (Wildman–Crippen MR) is 157 cm³/mol. The topological polar surface area (TPSA) is 147 Å². The fourth-order valence-corrected chi connectivity index (χ4v) is 6.56. The Balaban J connectivity index is 1.48. The van der Waals surface area contributed by atoms with Gasteiger partial charge in [0.1, 0.15) is 17.9 Å². The van der Waals surface area contributed by atoms with Crippen LogP contribution in [-0.4, -0.2) is 84.9 Å². The number of carbonyl (C=O) groups excluding carboxylic acids is 1. The molecule has 1 N–H and O–H groups in total. The van der Waals surface area contributed by atoms with Crippen LogP contribution in [0, 0.1) is 20.8 Å². The van der Waals surface area contributed by atoms with Crippen molar-refractivity contribution in [3.8, 4) is 11.4 Å². The van der Waals surface area contributed by atoms with Gasteiger partial charge in [-0.3, -0.25) is 23.7 Å². The smallest absolute Gasteiger partial charge is 0.334 e. The maximum atomic E-state index is 13.6. The van der Waals surface area contributed by atoms with Crippen LogP contribution in [-0.2, 0) is 26.5 Å². The summed E-state index contributed by atoms with van der Waals surface area (Å²) >= 11 is 0. The average Bonchev–Trinajstić information content (AvgIpc) is 3.22. The molecule has 43 heavy (non-hydrogen) atoms. The van der Waals surface area contributed by atoms with E-state index in [0.717, 1.165) is 44.0 Å². The SMILES string of the molecule is CONC(=O)c1ccc(C)c(S(=O)(=O)c2ncc3c(n2)n(C)c(=O)n3-c2c(C)cc(OCCN3CCOCC3)cc2C)c1. The van der Waals surface area contributed by atoms with Crippen molar-refractivity contribution in [1.29, 1.82) is 0 Å². The number of benzene rings is 2. The lowest BCUT2D eigenvalue weighted by atomic mass is 10.1. The number of imidazole rings is 1. The van der Waals surface area contributed by atoms with Crippen LogP contribution in [0.2, 0.25) is 0 Å². The number of fused-ring (bicyclic) bond motifs is 1. The van der Waals surface area contributed by atoms with E-state index in [2.05, 4.69) is 25.2 Å². The van der Waals surface area contributed by atoms with Crippen LogP contribution in [0.15, 0.2) is 51.4 Å². The summed E-state index contributed by atoms with van der Waals surface area (Å²) in [5, 5.41) is -0.488. The fraction of sp³-hybridized carbons (Fsp3) is 0.379. The second kappa shape index (κ2) is 12.2. The number of rotatable bonds is 9. The first kappa shape index (κ1) is 30.4. The van der Waals surface area contributed by atoms with Crippen molar-refractivity contribution in [3.63, 3.8) is 0 Å². The number of hydrogen-bond donors (Lipinski definition) is 1. The molecule has 2 aromatic carbocycles. The van der Waals surface area contributed by atoms with Crippen LogP contribution in [0.3, 0.4) is 0 Å². The third-order valence-corrected chi connectivity index (χ3v) is 9.10. The first-order valence-electron chi connectivity index (χ1n) is 13.7. The summed E-state index contributed by atoms with van der Waals surface area (Å²) in [6.07, 6.45) is 1.33. The summed E-state index contributed by atoms with van der Waals surface area (Å²) in [5.74, 6) is 0.0933. The second-order valence-electron chi connectivity index (χ2n) is 10.4. The summed E-state index contributed by atoms with van der Waals surface area (Å²) in [4.78, 5) is 41.0. The van der Waals surface area contributed by atoms with E-state index in [4.69, 9.17) is 9.47 Å². The lowest BCUT2D eigenvalue weighted by Gasteiger charge is -2.26. The second-order valence-corrected chi connectivity index (χ2v) is 12.2. The van der Waals surface area contributed by atoms with Crippen LogP contribution < -0.4 is 15.9 Å². The van der Waals surface area contributed by atoms with E-state index in [1.54, 1.807) is 6.92 Å². The Morgan fingerprint density at radius 3 is 2.44 bits per heavy atom. The number of hydroxylamine groups is 1. The van der Waals surface area contributed by atoms with Crippen LogP contribution in [0.25, 0.3) is 16.9 Å². The molecular weight excluding hydrogens is 576 g/mol. The van der Waals surface area contributed by atoms with Gasteiger partial charge in [-0.1, -0.05) is 6.07 Å². The molecule has 3 heterocycles. The molecule has 0 saturated carbocycles. The normalized spacial score (nSPS) is 14.3. The lowest BCUT2D eigenvalue weighted by Crippen LogP contribution is -2.38. The van der Waals surface area contributed by atoms with Crippen molar-refractivity contribution in [3.05, 3.63) is 69.3 Å². The van der Waals surface area contributed by atoms with Crippen molar-refractivity contribution in [1.82, 2.24) is 29.5 Å². The third kappa shape index (κ3) is 5.91.